The number of hydrogen-bond acceptors (Lipinski definition) is 5. The van der Waals surface area contributed by atoms with Crippen LogP contribution in [0.15, 0.2) is 36.7 Å². The number of rotatable bonds is 2. The molecule has 1 atom stereocenters. The van der Waals surface area contributed by atoms with E-state index in [0.717, 1.165) is 28.7 Å². The van der Waals surface area contributed by atoms with E-state index in [-0.39, 0.29) is 5.91 Å². The molecular weight excluding hydrogens is 316 g/mol. The van der Waals surface area contributed by atoms with E-state index in [1.54, 1.807) is 10.9 Å². The molecule has 0 radical (unpaired) electrons. The van der Waals surface area contributed by atoms with Crippen LogP contribution in [-0.2, 0) is 0 Å². The average molecular weight is 336 g/mol. The molecule has 25 heavy (non-hydrogen) atoms. The van der Waals surface area contributed by atoms with E-state index in [4.69, 9.17) is 0 Å². The van der Waals surface area contributed by atoms with Gasteiger partial charge in [-0.05, 0) is 26.0 Å². The summed E-state index contributed by atoms with van der Waals surface area (Å²) in [5, 5.41) is 13.8. The number of nitrogens with zero attached hydrogens (tertiary/aromatic N) is 5. The molecule has 3 aromatic rings. The highest BCUT2D eigenvalue weighted by Gasteiger charge is 2.26. The summed E-state index contributed by atoms with van der Waals surface area (Å²) in [5.74, 6) is -0.0565. The zero-order valence-electron chi connectivity index (χ0n) is 14.3. The molecule has 3 heterocycles. The maximum Gasteiger partial charge on any atom is 0.276 e. The second kappa shape index (κ2) is 6.25. The van der Waals surface area contributed by atoms with Gasteiger partial charge < -0.3 is 10.2 Å². The lowest BCUT2D eigenvalue weighted by molar-refractivity contribution is 0.0702. The maximum absolute atomic E-state index is 12.8. The quantitative estimate of drug-likeness (QED) is 0.768. The van der Waals surface area contributed by atoms with Crippen molar-refractivity contribution < 1.29 is 4.79 Å². The first kappa shape index (κ1) is 15.7. The van der Waals surface area contributed by atoms with Gasteiger partial charge in [-0.2, -0.15) is 0 Å². The Morgan fingerprint density at radius 3 is 3.04 bits per heavy atom. The molecule has 1 amide bonds. The third kappa shape index (κ3) is 2.76. The number of carbonyl (C=O) groups is 1. The molecule has 1 aliphatic rings. The number of benzene rings is 1. The van der Waals surface area contributed by atoms with Gasteiger partial charge in [-0.25, -0.2) is 4.68 Å². The number of carbonyl (C=O) groups excluding carboxylic acids is 1. The van der Waals surface area contributed by atoms with Crippen LogP contribution in [-0.4, -0.2) is 56.5 Å². The molecule has 1 fully saturated rings. The summed E-state index contributed by atoms with van der Waals surface area (Å²) in [7, 11) is 0. The van der Waals surface area contributed by atoms with Crippen LogP contribution in [0.25, 0.3) is 16.5 Å². The summed E-state index contributed by atoms with van der Waals surface area (Å²) in [4.78, 5) is 18.8. The highest BCUT2D eigenvalue weighted by molar-refractivity contribution is 5.94. The zero-order valence-corrected chi connectivity index (χ0v) is 14.3. The van der Waals surface area contributed by atoms with E-state index in [9.17, 15) is 4.79 Å². The molecule has 1 aliphatic heterocycles. The van der Waals surface area contributed by atoms with Gasteiger partial charge in [0, 0.05) is 48.8 Å². The normalized spacial score (nSPS) is 17.8. The summed E-state index contributed by atoms with van der Waals surface area (Å²) < 4.78 is 1.74. The van der Waals surface area contributed by atoms with Crippen molar-refractivity contribution in [3.05, 3.63) is 48.0 Å². The fraction of sp³-hybridized carbons (Fsp3) is 0.333. The van der Waals surface area contributed by atoms with Gasteiger partial charge in [0.05, 0.1) is 11.4 Å². The number of aromatic nitrogens is 4. The first-order valence-corrected chi connectivity index (χ1v) is 8.43. The van der Waals surface area contributed by atoms with Crippen molar-refractivity contribution >= 4 is 16.7 Å². The van der Waals surface area contributed by atoms with Crippen molar-refractivity contribution in [1.82, 2.24) is 30.2 Å². The van der Waals surface area contributed by atoms with Gasteiger partial charge in [-0.1, -0.05) is 17.3 Å². The Morgan fingerprint density at radius 1 is 1.32 bits per heavy atom. The van der Waals surface area contributed by atoms with Crippen molar-refractivity contribution in [3.63, 3.8) is 0 Å². The number of amides is 1. The van der Waals surface area contributed by atoms with E-state index in [1.807, 2.05) is 42.3 Å². The van der Waals surface area contributed by atoms with Gasteiger partial charge in [-0.3, -0.25) is 9.78 Å². The number of piperazine rings is 1. The van der Waals surface area contributed by atoms with Crippen LogP contribution in [0, 0.1) is 6.92 Å². The lowest BCUT2D eigenvalue weighted by Crippen LogP contribution is -2.51. The summed E-state index contributed by atoms with van der Waals surface area (Å²) in [5.41, 5.74) is 2.07. The third-order valence-corrected chi connectivity index (χ3v) is 4.64. The number of hydrogen-bond donors (Lipinski definition) is 1. The van der Waals surface area contributed by atoms with E-state index >= 15 is 0 Å². The molecular formula is C18H20N6O. The molecule has 128 valence electrons. The smallest absolute Gasteiger partial charge is 0.276 e. The Bertz CT molecular complexity index is 929. The fourth-order valence-corrected chi connectivity index (χ4v) is 3.31. The van der Waals surface area contributed by atoms with Crippen LogP contribution in [0.3, 0.4) is 0 Å². The minimum Gasteiger partial charge on any atom is -0.334 e. The Balaban J connectivity index is 1.72. The molecule has 0 spiro atoms. The minimum absolute atomic E-state index is 0.0565. The molecule has 1 saturated heterocycles. The van der Waals surface area contributed by atoms with Crippen LogP contribution < -0.4 is 5.32 Å². The number of pyridine rings is 1. The molecule has 1 aromatic carbocycles. The first-order valence-electron chi connectivity index (χ1n) is 8.43. The Labute approximate surface area is 145 Å². The third-order valence-electron chi connectivity index (χ3n) is 4.64. The SMILES string of the molecule is Cc1c(C(=O)N2CCNC(C)C2)nnn1-c1cccc2cnccc12. The van der Waals surface area contributed by atoms with Crippen LogP contribution in [0.1, 0.15) is 23.1 Å². The van der Waals surface area contributed by atoms with Gasteiger partial charge in [0.15, 0.2) is 5.69 Å². The van der Waals surface area contributed by atoms with E-state index in [2.05, 4.69) is 27.5 Å². The zero-order chi connectivity index (χ0) is 17.4. The summed E-state index contributed by atoms with van der Waals surface area (Å²) in [6.07, 6.45) is 3.57. The fourth-order valence-electron chi connectivity index (χ4n) is 3.31. The molecule has 0 aliphatic carbocycles. The van der Waals surface area contributed by atoms with Crippen molar-refractivity contribution in [2.75, 3.05) is 19.6 Å². The predicted molar refractivity (Wildman–Crippen MR) is 94.8 cm³/mol. The molecule has 1 N–H and O–H groups in total. The Kier molecular flexibility index (Phi) is 3.93. The Hall–Kier alpha value is -2.80. The lowest BCUT2D eigenvalue weighted by Gasteiger charge is -2.31. The topological polar surface area (TPSA) is 75.9 Å². The highest BCUT2D eigenvalue weighted by Crippen LogP contribution is 2.23. The monoisotopic (exact) mass is 336 g/mol. The van der Waals surface area contributed by atoms with Gasteiger partial charge in [0.25, 0.3) is 5.91 Å². The van der Waals surface area contributed by atoms with E-state index < -0.39 is 0 Å². The van der Waals surface area contributed by atoms with Gasteiger partial charge in [-0.15, -0.1) is 5.10 Å². The number of nitrogens with one attached hydrogen (secondary N) is 1. The van der Waals surface area contributed by atoms with E-state index in [1.165, 1.54) is 0 Å². The van der Waals surface area contributed by atoms with Crippen LogP contribution >= 0.6 is 0 Å². The molecule has 4 rings (SSSR count). The first-order chi connectivity index (χ1) is 12.1. The molecule has 7 heteroatoms. The standard InChI is InChI=1S/C18H20N6O/c1-12-11-23(9-8-20-12)18(25)17-13(2)24(22-21-17)16-5-3-4-14-10-19-7-6-15(14)16/h3-7,10,12,20H,8-9,11H2,1-2H3. The second-order valence-corrected chi connectivity index (χ2v) is 6.42. The summed E-state index contributed by atoms with van der Waals surface area (Å²) >= 11 is 0. The molecule has 7 nitrogen and oxygen atoms in total. The van der Waals surface area contributed by atoms with Gasteiger partial charge >= 0.3 is 0 Å². The van der Waals surface area contributed by atoms with Crippen molar-refractivity contribution in [2.45, 2.75) is 19.9 Å². The highest BCUT2D eigenvalue weighted by atomic mass is 16.2. The lowest BCUT2D eigenvalue weighted by atomic mass is 10.1. The van der Waals surface area contributed by atoms with Crippen molar-refractivity contribution in [2.24, 2.45) is 0 Å². The minimum atomic E-state index is -0.0565. The van der Waals surface area contributed by atoms with Gasteiger partial charge in [0.1, 0.15) is 0 Å². The average Bonchev–Trinajstić information content (AvgIpc) is 3.02. The van der Waals surface area contributed by atoms with Gasteiger partial charge in [0.2, 0.25) is 0 Å². The van der Waals surface area contributed by atoms with E-state index in [0.29, 0.717) is 24.8 Å². The predicted octanol–water partition coefficient (Wildman–Crippen LogP) is 1.56. The van der Waals surface area contributed by atoms with Crippen LogP contribution in [0.2, 0.25) is 0 Å². The molecule has 0 bridgehead atoms. The molecule has 2 aromatic heterocycles. The Morgan fingerprint density at radius 2 is 2.20 bits per heavy atom. The largest absolute Gasteiger partial charge is 0.334 e. The summed E-state index contributed by atoms with van der Waals surface area (Å²) in [6, 6.07) is 8.18. The number of fused-ring (bicyclic) bond motifs is 1. The van der Waals surface area contributed by atoms with Crippen LogP contribution in [0.5, 0.6) is 0 Å². The van der Waals surface area contributed by atoms with Crippen molar-refractivity contribution in [3.8, 4) is 5.69 Å². The molecule has 1 unspecified atom stereocenters. The summed E-state index contributed by atoms with van der Waals surface area (Å²) in [6.45, 7) is 6.14. The van der Waals surface area contributed by atoms with Crippen molar-refractivity contribution in [1.29, 1.82) is 0 Å². The van der Waals surface area contributed by atoms with Crippen LogP contribution in [0.4, 0.5) is 0 Å². The second-order valence-electron chi connectivity index (χ2n) is 6.42. The maximum atomic E-state index is 12.8. The molecule has 0 saturated carbocycles.